The lowest BCUT2D eigenvalue weighted by molar-refractivity contribution is -0.137. The minimum Gasteiger partial charge on any atom is -0.336 e. The number of allylic oxidation sites excluding steroid dienone is 1. The fourth-order valence-corrected chi connectivity index (χ4v) is 6.79. The molecule has 3 aliphatic carbocycles. The monoisotopic (exact) mass is 598 g/mol. The fraction of sp³-hybridized carbons (Fsp3) is 0.290. The average Bonchev–Trinajstić information content (AvgIpc) is 3.48. The van der Waals surface area contributed by atoms with Crippen LogP contribution in [0.4, 0.5) is 0 Å². The first-order valence-electron chi connectivity index (χ1n) is 13.0. The van der Waals surface area contributed by atoms with Crippen LogP contribution in [0.25, 0.3) is 28.5 Å². The van der Waals surface area contributed by atoms with Gasteiger partial charge in [-0.3, -0.25) is 4.79 Å². The summed E-state index contributed by atoms with van der Waals surface area (Å²) in [6.45, 7) is 1.35. The average molecular weight is 598 g/mol. The smallest absolute Gasteiger partial charge is 0.226 e. The van der Waals surface area contributed by atoms with E-state index in [4.69, 9.17) is 9.97 Å². The lowest BCUT2D eigenvalue weighted by Crippen LogP contribution is -2.41. The Balaban J connectivity index is 1.06. The molecule has 1 aliphatic heterocycles. The van der Waals surface area contributed by atoms with Crippen LogP contribution in [0, 0.1) is 20.8 Å². The molecule has 2 aromatic heterocycles. The number of carbonyl (C=O) groups excluding carboxylic acids is 1. The van der Waals surface area contributed by atoms with Gasteiger partial charge in [-0.25, -0.2) is 15.0 Å². The van der Waals surface area contributed by atoms with Crippen molar-refractivity contribution in [3.05, 3.63) is 93.3 Å². The van der Waals surface area contributed by atoms with Gasteiger partial charge in [0.1, 0.15) is 5.69 Å². The largest absolute Gasteiger partial charge is 0.336 e. The molecule has 3 fully saturated rings. The summed E-state index contributed by atoms with van der Waals surface area (Å²) in [5, 5.41) is 1.02. The highest BCUT2D eigenvalue weighted by Gasteiger charge is 2.57. The zero-order chi connectivity index (χ0) is 25.0. The van der Waals surface area contributed by atoms with Crippen molar-refractivity contribution < 1.29 is 4.79 Å². The molecule has 6 heteroatoms. The Morgan fingerprint density at radius 1 is 1.00 bits per heavy atom. The minimum absolute atomic E-state index is 0.134. The number of benzene rings is 2. The van der Waals surface area contributed by atoms with E-state index < -0.39 is 0 Å². The molecule has 184 valence electrons. The van der Waals surface area contributed by atoms with Crippen molar-refractivity contribution in [2.75, 3.05) is 6.54 Å². The van der Waals surface area contributed by atoms with Gasteiger partial charge < -0.3 is 4.90 Å². The van der Waals surface area contributed by atoms with Crippen molar-refractivity contribution in [1.82, 2.24) is 19.9 Å². The standard InChI is InChI=1S/C31H27IN4O/c32-24-8-5-20(6-9-24)11-13-31-15-23(16-31)25(17-31)30(37)36-14-12-21-7-10-27(34-28(21)19-36)29-33-18-22-3-1-2-4-26(22)35-29/h1-11,13,18,23,25H,12,14-17,19H2/b13-11+. The summed E-state index contributed by atoms with van der Waals surface area (Å²) >= 11 is 2.34. The molecule has 2 aromatic carbocycles. The number of rotatable bonds is 4. The molecule has 37 heavy (non-hydrogen) atoms. The van der Waals surface area contributed by atoms with Gasteiger partial charge in [-0.2, -0.15) is 0 Å². The second-order valence-electron chi connectivity index (χ2n) is 10.8. The second kappa shape index (κ2) is 9.01. The van der Waals surface area contributed by atoms with E-state index in [0.717, 1.165) is 54.5 Å². The van der Waals surface area contributed by atoms with Crippen molar-refractivity contribution in [3.63, 3.8) is 0 Å². The zero-order valence-corrected chi connectivity index (χ0v) is 22.6. The normalized spacial score (nSPS) is 24.3. The van der Waals surface area contributed by atoms with Gasteiger partial charge in [-0.05, 0) is 95.0 Å². The van der Waals surface area contributed by atoms with Gasteiger partial charge >= 0.3 is 0 Å². The Kier molecular flexibility index (Phi) is 5.61. The highest BCUT2D eigenvalue weighted by molar-refractivity contribution is 14.1. The van der Waals surface area contributed by atoms with Crippen LogP contribution in [-0.4, -0.2) is 32.3 Å². The summed E-state index contributed by atoms with van der Waals surface area (Å²) < 4.78 is 1.25. The SMILES string of the molecule is O=C(C1CC2(/C=C/c3ccc(I)cc3)CC1C2)N1CCc2ccc(-c3ncc4ccccc4n3)nc2C1. The molecule has 1 unspecified atom stereocenters. The summed E-state index contributed by atoms with van der Waals surface area (Å²) in [5.74, 6) is 1.59. The molecule has 4 aliphatic rings. The molecule has 1 amide bonds. The first-order chi connectivity index (χ1) is 18.1. The van der Waals surface area contributed by atoms with Crippen LogP contribution in [-0.2, 0) is 17.8 Å². The van der Waals surface area contributed by atoms with E-state index in [0.29, 0.717) is 24.2 Å². The van der Waals surface area contributed by atoms with Crippen LogP contribution in [0.3, 0.4) is 0 Å². The first-order valence-corrected chi connectivity index (χ1v) is 14.1. The number of hydrogen-bond donors (Lipinski definition) is 0. The molecule has 3 saturated carbocycles. The highest BCUT2D eigenvalue weighted by atomic mass is 127. The Labute approximate surface area is 230 Å². The first kappa shape index (κ1) is 23.0. The number of pyridine rings is 1. The summed E-state index contributed by atoms with van der Waals surface area (Å²) in [6, 6.07) is 20.7. The minimum atomic E-state index is 0.134. The van der Waals surface area contributed by atoms with E-state index in [1.54, 1.807) is 0 Å². The number of halogens is 1. The predicted molar refractivity (Wildman–Crippen MR) is 153 cm³/mol. The van der Waals surface area contributed by atoms with Gasteiger partial charge in [0.05, 0.1) is 17.8 Å². The van der Waals surface area contributed by atoms with Crippen LogP contribution in [0.2, 0.25) is 0 Å². The van der Waals surface area contributed by atoms with Gasteiger partial charge in [-0.15, -0.1) is 0 Å². The van der Waals surface area contributed by atoms with Crippen LogP contribution in [0.1, 0.15) is 36.1 Å². The van der Waals surface area contributed by atoms with Gasteiger partial charge in [0.2, 0.25) is 5.91 Å². The van der Waals surface area contributed by atoms with Crippen LogP contribution < -0.4 is 0 Å². The number of carbonyl (C=O) groups is 1. The molecule has 3 heterocycles. The number of aromatic nitrogens is 3. The summed E-state index contributed by atoms with van der Waals surface area (Å²) in [7, 11) is 0. The van der Waals surface area contributed by atoms with Crippen molar-refractivity contribution in [3.8, 4) is 11.5 Å². The third-order valence-electron chi connectivity index (χ3n) is 8.44. The summed E-state index contributed by atoms with van der Waals surface area (Å²) in [4.78, 5) is 29.9. The Morgan fingerprint density at radius 2 is 1.84 bits per heavy atom. The number of hydrogen-bond acceptors (Lipinski definition) is 4. The van der Waals surface area contributed by atoms with Gasteiger partial charge in [0, 0.05) is 27.6 Å². The summed E-state index contributed by atoms with van der Waals surface area (Å²) in [5.41, 5.74) is 5.31. The maximum atomic E-state index is 13.7. The van der Waals surface area contributed by atoms with Crippen LogP contribution in [0.15, 0.2) is 72.9 Å². The third-order valence-corrected chi connectivity index (χ3v) is 9.16. The van der Waals surface area contributed by atoms with E-state index in [2.05, 4.69) is 70.1 Å². The Morgan fingerprint density at radius 3 is 2.70 bits per heavy atom. The lowest BCUT2D eigenvalue weighted by Gasteiger charge is -2.36. The van der Waals surface area contributed by atoms with E-state index in [1.165, 1.54) is 14.7 Å². The Hall–Kier alpha value is -3.13. The van der Waals surface area contributed by atoms with Crippen molar-refractivity contribution in [1.29, 1.82) is 0 Å². The van der Waals surface area contributed by atoms with E-state index in [-0.39, 0.29) is 11.3 Å². The third kappa shape index (κ3) is 4.25. The van der Waals surface area contributed by atoms with Gasteiger partial charge in [0.25, 0.3) is 0 Å². The zero-order valence-electron chi connectivity index (χ0n) is 20.5. The number of para-hydroxylation sites is 1. The van der Waals surface area contributed by atoms with Crippen molar-refractivity contribution >= 4 is 45.5 Å². The maximum absolute atomic E-state index is 13.7. The molecule has 0 spiro atoms. The molecule has 0 saturated heterocycles. The molecule has 0 radical (unpaired) electrons. The fourth-order valence-electron chi connectivity index (χ4n) is 6.43. The van der Waals surface area contributed by atoms with E-state index >= 15 is 0 Å². The molecule has 8 rings (SSSR count). The van der Waals surface area contributed by atoms with Crippen LogP contribution in [0.5, 0.6) is 0 Å². The molecular formula is C31H27IN4O. The Bertz CT molecular complexity index is 1540. The molecule has 0 N–H and O–H groups in total. The number of nitrogens with zero attached hydrogens (tertiary/aromatic N) is 4. The lowest BCUT2D eigenvalue weighted by atomic mass is 9.69. The molecular weight excluding hydrogens is 571 g/mol. The van der Waals surface area contributed by atoms with Crippen molar-refractivity contribution in [2.24, 2.45) is 17.3 Å². The topological polar surface area (TPSA) is 59.0 Å². The second-order valence-corrected chi connectivity index (χ2v) is 12.0. The number of fused-ring (bicyclic) bond motifs is 3. The van der Waals surface area contributed by atoms with Crippen LogP contribution >= 0.6 is 22.6 Å². The molecule has 5 nitrogen and oxygen atoms in total. The predicted octanol–water partition coefficient (Wildman–Crippen LogP) is 6.31. The maximum Gasteiger partial charge on any atom is 0.226 e. The quantitative estimate of drug-likeness (QED) is 0.259. The highest BCUT2D eigenvalue weighted by Crippen LogP contribution is 2.63. The molecule has 4 aromatic rings. The summed E-state index contributed by atoms with van der Waals surface area (Å²) in [6.07, 6.45) is 10.6. The van der Waals surface area contributed by atoms with E-state index in [1.807, 2.05) is 41.4 Å². The van der Waals surface area contributed by atoms with Gasteiger partial charge in [0.15, 0.2) is 5.82 Å². The van der Waals surface area contributed by atoms with Gasteiger partial charge in [-0.1, -0.05) is 48.6 Å². The van der Waals surface area contributed by atoms with Crippen molar-refractivity contribution in [2.45, 2.75) is 32.2 Å². The number of amides is 1. The molecule has 2 bridgehead atoms. The molecule has 1 atom stereocenters. The van der Waals surface area contributed by atoms with E-state index in [9.17, 15) is 4.79 Å².